The Morgan fingerprint density at radius 1 is 1.17 bits per heavy atom. The first-order valence-corrected chi connectivity index (χ1v) is 4.17. The molecular weight excluding hydrogens is 220 g/mol. The molecule has 0 radical (unpaired) electrons. The molecule has 2 rings (SSSR count). The molecule has 2 aromatic heterocycles. The summed E-state index contributed by atoms with van der Waals surface area (Å²) in [5.41, 5.74) is 1.75. The third kappa shape index (κ3) is 1.38. The molecule has 0 aliphatic rings. The van der Waals surface area contributed by atoms with Gasteiger partial charge in [0.15, 0.2) is 0 Å². The van der Waals surface area contributed by atoms with Crippen LogP contribution in [0.3, 0.4) is 0 Å². The molecule has 0 N–H and O–H groups in total. The van der Waals surface area contributed by atoms with Crippen LogP contribution in [0.4, 0.5) is 0 Å². The predicted octanol–water partition coefficient (Wildman–Crippen LogP) is 2.50. The van der Waals surface area contributed by atoms with Gasteiger partial charge in [-0.1, -0.05) is 0 Å². The van der Waals surface area contributed by atoms with Gasteiger partial charge in [-0.15, -0.1) is 10.2 Å². The van der Waals surface area contributed by atoms with E-state index in [1.807, 2.05) is 18.2 Å². The normalized spacial score (nSPS) is 10.1. The summed E-state index contributed by atoms with van der Waals surface area (Å²) in [5.74, 6) is 0. The lowest BCUT2D eigenvalue weighted by Crippen LogP contribution is -1.84. The zero-order chi connectivity index (χ0) is 8.39. The molecule has 0 unspecified atom stereocenters. The minimum Gasteiger partial charge on any atom is -0.472 e. The topological polar surface area (TPSA) is 38.9 Å². The van der Waals surface area contributed by atoms with Crippen molar-refractivity contribution in [3.8, 4) is 11.3 Å². The van der Waals surface area contributed by atoms with Crippen LogP contribution >= 0.6 is 15.9 Å². The largest absolute Gasteiger partial charge is 0.472 e. The maximum atomic E-state index is 4.92. The lowest BCUT2D eigenvalue weighted by atomic mass is 10.2. The number of hydrogen-bond donors (Lipinski definition) is 0. The zero-order valence-electron chi connectivity index (χ0n) is 6.07. The average Bonchev–Trinajstić information content (AvgIpc) is 2.58. The maximum Gasteiger partial charge on any atom is 0.128 e. The van der Waals surface area contributed by atoms with E-state index < -0.39 is 0 Å². The molecular formula is C8H5BrN2O. The highest BCUT2D eigenvalue weighted by Gasteiger charge is 1.99. The van der Waals surface area contributed by atoms with Crippen molar-refractivity contribution >= 4 is 15.9 Å². The minimum atomic E-state index is 0.731. The molecule has 12 heavy (non-hydrogen) atoms. The molecule has 0 bridgehead atoms. The van der Waals surface area contributed by atoms with E-state index >= 15 is 0 Å². The van der Waals surface area contributed by atoms with Crippen molar-refractivity contribution in [1.82, 2.24) is 10.2 Å². The molecule has 2 heterocycles. The van der Waals surface area contributed by atoms with Gasteiger partial charge in [-0.3, -0.25) is 0 Å². The molecule has 0 aromatic carbocycles. The molecule has 0 spiro atoms. The Kier molecular flexibility index (Phi) is 1.91. The van der Waals surface area contributed by atoms with Crippen LogP contribution in [-0.2, 0) is 0 Å². The van der Waals surface area contributed by atoms with Gasteiger partial charge in [0, 0.05) is 5.56 Å². The van der Waals surface area contributed by atoms with Crippen molar-refractivity contribution in [3.05, 3.63) is 35.3 Å². The van der Waals surface area contributed by atoms with E-state index in [2.05, 4.69) is 26.1 Å². The SMILES string of the molecule is Brc1ccc(-c2ccoc2)nn1. The molecule has 0 saturated carbocycles. The van der Waals surface area contributed by atoms with E-state index in [0.717, 1.165) is 15.9 Å². The van der Waals surface area contributed by atoms with Gasteiger partial charge in [0.2, 0.25) is 0 Å². The first kappa shape index (κ1) is 7.49. The quantitative estimate of drug-likeness (QED) is 0.748. The summed E-state index contributed by atoms with van der Waals surface area (Å²) < 4.78 is 5.65. The summed E-state index contributed by atoms with van der Waals surface area (Å²) in [5, 5.41) is 7.82. The fraction of sp³-hybridized carbons (Fsp3) is 0. The lowest BCUT2D eigenvalue weighted by molar-refractivity contribution is 0.568. The van der Waals surface area contributed by atoms with E-state index in [-0.39, 0.29) is 0 Å². The number of furan rings is 1. The number of halogens is 1. The van der Waals surface area contributed by atoms with Gasteiger partial charge in [0.1, 0.15) is 4.60 Å². The Hall–Kier alpha value is -1.16. The summed E-state index contributed by atoms with van der Waals surface area (Å²) in [7, 11) is 0. The first-order chi connectivity index (χ1) is 5.86. The Morgan fingerprint density at radius 3 is 2.67 bits per heavy atom. The van der Waals surface area contributed by atoms with Crippen LogP contribution in [-0.4, -0.2) is 10.2 Å². The Labute approximate surface area is 77.6 Å². The van der Waals surface area contributed by atoms with Crippen molar-refractivity contribution in [1.29, 1.82) is 0 Å². The van der Waals surface area contributed by atoms with E-state index in [0.29, 0.717) is 0 Å². The fourth-order valence-corrected chi connectivity index (χ4v) is 1.09. The van der Waals surface area contributed by atoms with E-state index in [9.17, 15) is 0 Å². The van der Waals surface area contributed by atoms with Gasteiger partial charge in [-0.2, -0.15) is 0 Å². The monoisotopic (exact) mass is 224 g/mol. The molecule has 0 atom stereocenters. The Balaban J connectivity index is 2.43. The second-order valence-electron chi connectivity index (χ2n) is 2.25. The summed E-state index contributed by atoms with van der Waals surface area (Å²) in [4.78, 5) is 0. The molecule has 4 heteroatoms. The van der Waals surface area contributed by atoms with Gasteiger partial charge in [-0.25, -0.2) is 0 Å². The van der Waals surface area contributed by atoms with Crippen molar-refractivity contribution in [2.45, 2.75) is 0 Å². The standard InChI is InChI=1S/C8H5BrN2O/c9-8-2-1-7(10-11-8)6-3-4-12-5-6/h1-5H. The van der Waals surface area contributed by atoms with Crippen molar-refractivity contribution < 1.29 is 4.42 Å². The van der Waals surface area contributed by atoms with Crippen LogP contribution in [0.1, 0.15) is 0 Å². The van der Waals surface area contributed by atoms with Gasteiger partial charge >= 0.3 is 0 Å². The lowest BCUT2D eigenvalue weighted by Gasteiger charge is -1.92. The maximum absolute atomic E-state index is 4.92. The molecule has 0 amide bonds. The molecule has 0 fully saturated rings. The molecule has 0 aliphatic carbocycles. The summed E-state index contributed by atoms with van der Waals surface area (Å²) in [6.07, 6.45) is 3.25. The molecule has 0 aliphatic heterocycles. The highest BCUT2D eigenvalue weighted by atomic mass is 79.9. The van der Waals surface area contributed by atoms with E-state index in [1.54, 1.807) is 12.5 Å². The van der Waals surface area contributed by atoms with Gasteiger partial charge in [0.25, 0.3) is 0 Å². The van der Waals surface area contributed by atoms with Crippen LogP contribution < -0.4 is 0 Å². The van der Waals surface area contributed by atoms with Crippen LogP contribution in [0.5, 0.6) is 0 Å². The van der Waals surface area contributed by atoms with Crippen molar-refractivity contribution in [3.63, 3.8) is 0 Å². The molecule has 2 aromatic rings. The van der Waals surface area contributed by atoms with Gasteiger partial charge in [-0.05, 0) is 34.1 Å². The van der Waals surface area contributed by atoms with Crippen LogP contribution in [0.2, 0.25) is 0 Å². The molecule has 60 valence electrons. The number of rotatable bonds is 1. The Morgan fingerprint density at radius 2 is 2.08 bits per heavy atom. The second-order valence-corrected chi connectivity index (χ2v) is 3.07. The third-order valence-corrected chi connectivity index (χ3v) is 1.87. The fourth-order valence-electron chi connectivity index (χ4n) is 0.880. The van der Waals surface area contributed by atoms with Crippen LogP contribution in [0, 0.1) is 0 Å². The van der Waals surface area contributed by atoms with Gasteiger partial charge in [0.05, 0.1) is 18.2 Å². The molecule has 3 nitrogen and oxygen atoms in total. The van der Waals surface area contributed by atoms with Gasteiger partial charge < -0.3 is 4.42 Å². The van der Waals surface area contributed by atoms with E-state index in [1.165, 1.54) is 0 Å². The number of nitrogens with zero attached hydrogens (tertiary/aromatic N) is 2. The summed E-state index contributed by atoms with van der Waals surface area (Å²) in [6.45, 7) is 0. The number of aromatic nitrogens is 2. The van der Waals surface area contributed by atoms with Crippen molar-refractivity contribution in [2.24, 2.45) is 0 Å². The predicted molar refractivity (Wildman–Crippen MR) is 47.4 cm³/mol. The van der Waals surface area contributed by atoms with Crippen LogP contribution in [0.25, 0.3) is 11.3 Å². The summed E-state index contributed by atoms with van der Waals surface area (Å²) >= 11 is 3.21. The Bertz CT molecular complexity index is 355. The van der Waals surface area contributed by atoms with Crippen molar-refractivity contribution in [2.75, 3.05) is 0 Å². The van der Waals surface area contributed by atoms with E-state index in [4.69, 9.17) is 4.42 Å². The minimum absolute atomic E-state index is 0.731. The third-order valence-electron chi connectivity index (χ3n) is 1.45. The summed E-state index contributed by atoms with van der Waals surface area (Å²) in [6, 6.07) is 5.56. The highest BCUT2D eigenvalue weighted by Crippen LogP contribution is 2.16. The second kappa shape index (κ2) is 3.06. The highest BCUT2D eigenvalue weighted by molar-refractivity contribution is 9.10. The number of hydrogen-bond acceptors (Lipinski definition) is 3. The molecule has 0 saturated heterocycles. The zero-order valence-corrected chi connectivity index (χ0v) is 7.65. The smallest absolute Gasteiger partial charge is 0.128 e. The average molecular weight is 225 g/mol. The first-order valence-electron chi connectivity index (χ1n) is 3.38. The van der Waals surface area contributed by atoms with Crippen LogP contribution in [0.15, 0.2) is 39.7 Å².